The van der Waals surface area contributed by atoms with E-state index in [9.17, 15) is 9.18 Å². The van der Waals surface area contributed by atoms with E-state index in [4.69, 9.17) is 15.2 Å². The lowest BCUT2D eigenvalue weighted by Gasteiger charge is -2.14. The number of aromatic nitrogens is 4. The fraction of sp³-hybridized carbons (Fsp3) is 0.100. The number of halogens is 1. The molecule has 4 rings (SSSR count). The topological polar surface area (TPSA) is 141 Å². The normalized spacial score (nSPS) is 11.5. The Kier molecular flexibility index (Phi) is 5.47. The average molecular weight is 421 g/mol. The second-order valence-corrected chi connectivity index (χ2v) is 6.21. The molecule has 3 N–H and O–H groups in total. The number of rotatable bonds is 6. The van der Waals surface area contributed by atoms with Crippen molar-refractivity contribution in [3.8, 4) is 0 Å². The van der Waals surface area contributed by atoms with E-state index in [-0.39, 0.29) is 46.5 Å². The number of hydrazone groups is 1. The molecule has 0 aliphatic carbocycles. The van der Waals surface area contributed by atoms with Crippen LogP contribution in [0.5, 0.6) is 0 Å². The number of carbonyl (C=O) groups excluding carboxylic acids is 1. The predicted octanol–water partition coefficient (Wildman–Crippen LogP) is 2.78. The molecule has 0 amide bonds. The van der Waals surface area contributed by atoms with Gasteiger partial charge in [0.25, 0.3) is 0 Å². The van der Waals surface area contributed by atoms with Gasteiger partial charge in [-0.3, -0.25) is 0 Å². The Morgan fingerprint density at radius 1 is 1.10 bits per heavy atom. The van der Waals surface area contributed by atoms with Crippen LogP contribution in [0, 0.1) is 5.82 Å². The first-order valence-electron chi connectivity index (χ1n) is 9.18. The summed E-state index contributed by atoms with van der Waals surface area (Å²) >= 11 is 0. The van der Waals surface area contributed by atoms with Crippen LogP contribution in [0.25, 0.3) is 11.3 Å². The lowest BCUT2D eigenvalue weighted by molar-refractivity contribution is 0.0526. The van der Waals surface area contributed by atoms with Gasteiger partial charge in [0, 0.05) is 11.3 Å². The summed E-state index contributed by atoms with van der Waals surface area (Å²) in [7, 11) is 0. The van der Waals surface area contributed by atoms with Crippen molar-refractivity contribution in [1.82, 2.24) is 20.3 Å². The van der Waals surface area contributed by atoms with Crippen LogP contribution in [-0.2, 0) is 4.74 Å². The molecule has 0 radical (unpaired) electrons. The average Bonchev–Trinajstić information content (AvgIpc) is 3.24. The highest BCUT2D eigenvalue weighted by atomic mass is 19.1. The zero-order valence-corrected chi connectivity index (χ0v) is 16.2. The molecule has 11 heteroatoms. The molecule has 2 heterocycles. The van der Waals surface area contributed by atoms with Gasteiger partial charge in [0.15, 0.2) is 5.82 Å². The maximum Gasteiger partial charge on any atom is 0.338 e. The highest BCUT2D eigenvalue weighted by molar-refractivity contribution is 6.19. The maximum absolute atomic E-state index is 13.3. The monoisotopic (exact) mass is 421 g/mol. The molecule has 0 atom stereocenters. The molecule has 0 saturated carbocycles. The van der Waals surface area contributed by atoms with E-state index in [0.29, 0.717) is 11.3 Å². The van der Waals surface area contributed by atoms with E-state index < -0.39 is 5.97 Å². The molecule has 31 heavy (non-hydrogen) atoms. The van der Waals surface area contributed by atoms with Gasteiger partial charge in [-0.05, 0) is 47.6 Å². The van der Waals surface area contributed by atoms with Crippen molar-refractivity contribution < 1.29 is 18.6 Å². The van der Waals surface area contributed by atoms with Crippen LogP contribution in [0.15, 0.2) is 58.3 Å². The van der Waals surface area contributed by atoms with Crippen LogP contribution < -0.4 is 11.2 Å². The second kappa shape index (κ2) is 8.53. The highest BCUT2D eigenvalue weighted by Gasteiger charge is 2.23. The van der Waals surface area contributed by atoms with Crippen LogP contribution in [0.2, 0.25) is 0 Å². The van der Waals surface area contributed by atoms with Crippen LogP contribution in [0.1, 0.15) is 28.5 Å². The third-order valence-corrected chi connectivity index (χ3v) is 4.25. The van der Waals surface area contributed by atoms with Gasteiger partial charge in [-0.15, -0.1) is 0 Å². The second-order valence-electron chi connectivity index (χ2n) is 6.21. The fourth-order valence-corrected chi connectivity index (χ4v) is 2.89. The number of hydrogen-bond acceptors (Lipinski definition) is 10. The van der Waals surface area contributed by atoms with E-state index in [1.54, 1.807) is 31.2 Å². The van der Waals surface area contributed by atoms with Crippen LogP contribution in [0.3, 0.4) is 0 Å². The number of carbonyl (C=O) groups is 1. The summed E-state index contributed by atoms with van der Waals surface area (Å²) in [5, 5.41) is 14.3. The van der Waals surface area contributed by atoms with Crippen molar-refractivity contribution in [1.29, 1.82) is 0 Å². The van der Waals surface area contributed by atoms with Gasteiger partial charge < -0.3 is 15.9 Å². The summed E-state index contributed by atoms with van der Waals surface area (Å²) in [5.41, 5.74) is 1.77. The van der Waals surface area contributed by atoms with Crippen molar-refractivity contribution >= 4 is 34.5 Å². The van der Waals surface area contributed by atoms with Gasteiger partial charge in [0.1, 0.15) is 17.2 Å². The van der Waals surface area contributed by atoms with Crippen molar-refractivity contribution in [2.75, 3.05) is 11.9 Å². The quantitative estimate of drug-likeness (QED) is 0.208. The number of fused-ring (bicyclic) bond motifs is 1. The summed E-state index contributed by atoms with van der Waals surface area (Å²) < 4.78 is 23.1. The zero-order chi connectivity index (χ0) is 21.8. The van der Waals surface area contributed by atoms with Gasteiger partial charge in [0.2, 0.25) is 11.3 Å². The largest absolute Gasteiger partial charge is 0.462 e. The Hall–Kier alpha value is -4.41. The molecule has 0 aliphatic heterocycles. The van der Waals surface area contributed by atoms with Crippen molar-refractivity contribution in [3.05, 3.63) is 71.2 Å². The van der Waals surface area contributed by atoms with Gasteiger partial charge in [-0.1, -0.05) is 18.2 Å². The van der Waals surface area contributed by atoms with Crippen molar-refractivity contribution in [2.24, 2.45) is 10.9 Å². The lowest BCUT2D eigenvalue weighted by atomic mass is 10.0. The molecule has 2 aromatic heterocycles. The standard InChI is InChI=1S/C20H16FN7O3/c1-2-30-20(29)14-6-4-3-5-13(14)15(26-22)16-17(23-12-9-7-11(21)8-10-12)25-19-18(24-16)27-31-28-19/h3-10H,2,22H2,1H3,(H,23,25,28). The Balaban J connectivity index is 1.86. The van der Waals surface area contributed by atoms with E-state index >= 15 is 0 Å². The summed E-state index contributed by atoms with van der Waals surface area (Å²) in [6.45, 7) is 1.91. The zero-order valence-electron chi connectivity index (χ0n) is 16.2. The first kappa shape index (κ1) is 19.9. The van der Waals surface area contributed by atoms with Gasteiger partial charge in [-0.2, -0.15) is 5.10 Å². The molecule has 4 aromatic rings. The Morgan fingerprint density at radius 3 is 2.45 bits per heavy atom. The molecule has 0 fully saturated rings. The first-order valence-corrected chi connectivity index (χ1v) is 9.18. The maximum atomic E-state index is 13.3. The minimum atomic E-state index is -0.538. The molecule has 0 bridgehead atoms. The number of esters is 1. The van der Waals surface area contributed by atoms with Gasteiger partial charge in [-0.25, -0.2) is 23.8 Å². The van der Waals surface area contributed by atoms with Crippen molar-refractivity contribution in [3.63, 3.8) is 0 Å². The number of nitrogens with zero attached hydrogens (tertiary/aromatic N) is 5. The summed E-state index contributed by atoms with van der Waals surface area (Å²) in [6.07, 6.45) is 0. The van der Waals surface area contributed by atoms with E-state index in [0.717, 1.165) is 0 Å². The molecule has 10 nitrogen and oxygen atoms in total. The molecular weight excluding hydrogens is 405 g/mol. The molecule has 2 aromatic carbocycles. The molecule has 156 valence electrons. The Morgan fingerprint density at radius 2 is 1.77 bits per heavy atom. The SMILES string of the molecule is CCOC(=O)c1ccccc1C(=NN)c1nc2nonc2nc1Nc1ccc(F)cc1. The Labute approximate surface area is 174 Å². The summed E-state index contributed by atoms with van der Waals surface area (Å²) in [6, 6.07) is 12.3. The molecular formula is C20H16FN7O3. The van der Waals surface area contributed by atoms with E-state index in [1.807, 2.05) is 0 Å². The third kappa shape index (κ3) is 4.01. The predicted molar refractivity (Wildman–Crippen MR) is 109 cm³/mol. The van der Waals surface area contributed by atoms with Gasteiger partial charge in [0.05, 0.1) is 12.2 Å². The van der Waals surface area contributed by atoms with E-state index in [1.165, 1.54) is 24.3 Å². The minimum absolute atomic E-state index is 0.120. The third-order valence-electron chi connectivity index (χ3n) is 4.25. The van der Waals surface area contributed by atoms with E-state index in [2.05, 4.69) is 30.7 Å². The van der Waals surface area contributed by atoms with Crippen LogP contribution >= 0.6 is 0 Å². The fourth-order valence-electron chi connectivity index (χ4n) is 2.89. The van der Waals surface area contributed by atoms with Crippen LogP contribution in [0.4, 0.5) is 15.9 Å². The molecule has 0 unspecified atom stereocenters. The van der Waals surface area contributed by atoms with Crippen LogP contribution in [-0.4, -0.2) is 38.6 Å². The summed E-state index contributed by atoms with van der Waals surface area (Å²) in [5.74, 6) is 4.99. The molecule has 0 saturated heterocycles. The van der Waals surface area contributed by atoms with Gasteiger partial charge >= 0.3 is 5.97 Å². The summed E-state index contributed by atoms with van der Waals surface area (Å²) in [4.78, 5) is 21.2. The van der Waals surface area contributed by atoms with Crippen molar-refractivity contribution in [2.45, 2.75) is 6.92 Å². The minimum Gasteiger partial charge on any atom is -0.462 e. The number of hydrogen-bond donors (Lipinski definition) is 2. The lowest BCUT2D eigenvalue weighted by Crippen LogP contribution is -2.18. The molecule has 0 aliphatic rings. The number of anilines is 2. The number of ether oxygens (including phenoxy) is 1. The number of nitrogens with two attached hydrogens (primary N) is 1. The molecule has 0 spiro atoms. The number of nitrogens with one attached hydrogen (secondary N) is 1. The Bertz CT molecular complexity index is 1270. The smallest absolute Gasteiger partial charge is 0.338 e. The first-order chi connectivity index (χ1) is 15.1. The number of benzene rings is 2. The highest BCUT2D eigenvalue weighted by Crippen LogP contribution is 2.24.